The molecule has 0 aliphatic rings. The van der Waals surface area contributed by atoms with E-state index in [1.54, 1.807) is 3.58 Å². The van der Waals surface area contributed by atoms with E-state index in [4.69, 9.17) is 26.6 Å². The van der Waals surface area contributed by atoms with Gasteiger partial charge in [0.25, 0.3) is 0 Å². The molecular formula is C33H66O6Si2Sn. The molecule has 9 heteroatoms. The molecule has 0 saturated heterocycles. The molecule has 0 unspecified atom stereocenters. The molecule has 0 saturated carbocycles. The minimum absolute atomic E-state index is 0.0637. The van der Waals surface area contributed by atoms with Crippen LogP contribution in [0.4, 0.5) is 0 Å². The van der Waals surface area contributed by atoms with Crippen LogP contribution in [0.25, 0.3) is 0 Å². The molecule has 1 aromatic rings. The van der Waals surface area contributed by atoms with E-state index >= 15 is 0 Å². The predicted molar refractivity (Wildman–Crippen MR) is 185 cm³/mol. The summed E-state index contributed by atoms with van der Waals surface area (Å²) in [5, 5.41) is 0. The Morgan fingerprint density at radius 1 is 0.476 bits per heavy atom. The number of rotatable bonds is 21. The average molecular weight is 734 g/mol. The molecule has 0 amide bonds. The van der Waals surface area contributed by atoms with Gasteiger partial charge in [-0.25, -0.2) is 0 Å². The molecule has 0 aromatic heterocycles. The van der Waals surface area contributed by atoms with Gasteiger partial charge in [0.05, 0.1) is 0 Å². The number of hydrogen-bond donors (Lipinski definition) is 0. The van der Waals surface area contributed by atoms with Crippen LogP contribution in [0.5, 0.6) is 0 Å². The Morgan fingerprint density at radius 2 is 0.738 bits per heavy atom. The molecule has 0 radical (unpaired) electrons. The molecule has 246 valence electrons. The van der Waals surface area contributed by atoms with Crippen LogP contribution in [0, 0.1) is 0 Å². The van der Waals surface area contributed by atoms with E-state index in [9.17, 15) is 0 Å². The van der Waals surface area contributed by atoms with Gasteiger partial charge in [-0.2, -0.15) is 0 Å². The van der Waals surface area contributed by atoms with Crippen molar-refractivity contribution in [3.8, 4) is 0 Å². The first-order valence-electron chi connectivity index (χ1n) is 16.5. The molecular weight excluding hydrogens is 667 g/mol. The van der Waals surface area contributed by atoms with Gasteiger partial charge in [-0.3, -0.25) is 0 Å². The van der Waals surface area contributed by atoms with Crippen molar-refractivity contribution < 1.29 is 26.6 Å². The van der Waals surface area contributed by atoms with Crippen molar-refractivity contribution >= 4 is 39.6 Å². The molecule has 0 atom stereocenters. The fourth-order valence-corrected chi connectivity index (χ4v) is 15.3. The van der Waals surface area contributed by atoms with Gasteiger partial charge in [0, 0.05) is 0 Å². The topological polar surface area (TPSA) is 55.4 Å². The second kappa shape index (κ2) is 18.4. The van der Waals surface area contributed by atoms with Crippen molar-refractivity contribution in [1.29, 1.82) is 0 Å². The van der Waals surface area contributed by atoms with Crippen molar-refractivity contribution in [1.82, 2.24) is 0 Å². The molecule has 0 N–H and O–H groups in total. The molecule has 0 fully saturated rings. The van der Waals surface area contributed by atoms with Crippen LogP contribution in [0.3, 0.4) is 0 Å². The SMILES string of the molecule is CC(C)O[Si](CCCc1cc(CCC[Si](OC(C)C)(OC(C)C)OC(C)C)c[c]([Sn]([CH3])([CH3])[CH3])c1)(OC(C)C)OC(C)C. The molecule has 0 aliphatic heterocycles. The fourth-order valence-electron chi connectivity index (χ4n) is 5.18. The molecule has 0 aliphatic carbocycles. The molecule has 0 bridgehead atoms. The summed E-state index contributed by atoms with van der Waals surface area (Å²) >= 11 is -2.31. The van der Waals surface area contributed by atoms with Crippen molar-refractivity contribution in [2.24, 2.45) is 0 Å². The summed E-state index contributed by atoms with van der Waals surface area (Å²) in [6.07, 6.45) is 4.31. The van der Waals surface area contributed by atoms with E-state index in [0.29, 0.717) is 0 Å². The number of hydrogen-bond acceptors (Lipinski definition) is 6. The molecule has 1 rings (SSSR count). The fraction of sp³-hybridized carbons (Fsp3) is 0.818. The Kier molecular flexibility index (Phi) is 17.6. The summed E-state index contributed by atoms with van der Waals surface area (Å²) in [7, 11) is -5.62. The first-order chi connectivity index (χ1) is 19.3. The summed E-state index contributed by atoms with van der Waals surface area (Å²) in [6.45, 7) is 24.9. The zero-order chi connectivity index (χ0) is 32.3. The van der Waals surface area contributed by atoms with E-state index in [1.165, 1.54) is 11.1 Å². The van der Waals surface area contributed by atoms with E-state index in [0.717, 1.165) is 37.8 Å². The zero-order valence-electron chi connectivity index (χ0n) is 29.9. The van der Waals surface area contributed by atoms with Crippen molar-refractivity contribution in [2.75, 3.05) is 0 Å². The van der Waals surface area contributed by atoms with Gasteiger partial charge >= 0.3 is 268 Å². The van der Waals surface area contributed by atoms with Gasteiger partial charge in [-0.05, 0) is 0 Å². The van der Waals surface area contributed by atoms with E-state index in [2.05, 4.69) is 116 Å². The second-order valence-electron chi connectivity index (χ2n) is 14.4. The van der Waals surface area contributed by atoms with Crippen molar-refractivity contribution in [3.63, 3.8) is 0 Å². The van der Waals surface area contributed by atoms with Crippen LogP contribution >= 0.6 is 0 Å². The van der Waals surface area contributed by atoms with Crippen LogP contribution in [-0.4, -0.2) is 72.6 Å². The summed E-state index contributed by atoms with van der Waals surface area (Å²) < 4.78 is 40.2. The Bertz CT molecular complexity index is 784. The quantitative estimate of drug-likeness (QED) is 0.118. The Balaban J connectivity index is 3.19. The summed E-state index contributed by atoms with van der Waals surface area (Å²) in [4.78, 5) is 7.50. The van der Waals surface area contributed by atoms with Gasteiger partial charge < -0.3 is 0 Å². The third-order valence-corrected chi connectivity index (χ3v) is 19.0. The van der Waals surface area contributed by atoms with Gasteiger partial charge in [-0.15, -0.1) is 0 Å². The summed E-state index contributed by atoms with van der Waals surface area (Å²) in [5.74, 6) is 0. The summed E-state index contributed by atoms with van der Waals surface area (Å²) in [5.41, 5.74) is 2.82. The number of benzene rings is 1. The van der Waals surface area contributed by atoms with Crippen LogP contribution in [0.15, 0.2) is 18.2 Å². The van der Waals surface area contributed by atoms with Crippen LogP contribution in [0.2, 0.25) is 26.9 Å². The normalized spacial score (nSPS) is 13.6. The predicted octanol–water partition coefficient (Wildman–Crippen LogP) is 8.52. The Morgan fingerprint density at radius 3 is 0.952 bits per heavy atom. The second-order valence-corrected chi connectivity index (χ2v) is 34.0. The maximum absolute atomic E-state index is 6.44. The van der Waals surface area contributed by atoms with Gasteiger partial charge in [0.2, 0.25) is 0 Å². The zero-order valence-corrected chi connectivity index (χ0v) is 34.7. The van der Waals surface area contributed by atoms with Crippen LogP contribution in [0.1, 0.15) is 107 Å². The van der Waals surface area contributed by atoms with Gasteiger partial charge in [0.1, 0.15) is 0 Å². The first-order valence-corrected chi connectivity index (χ1v) is 30.3. The minimum atomic E-state index is -2.81. The molecule has 1 aromatic carbocycles. The van der Waals surface area contributed by atoms with Crippen molar-refractivity contribution in [3.05, 3.63) is 29.3 Å². The average Bonchev–Trinajstić information content (AvgIpc) is 2.75. The molecule has 42 heavy (non-hydrogen) atoms. The van der Waals surface area contributed by atoms with E-state index < -0.39 is 36.0 Å². The Hall–Kier alpha value is 0.212. The van der Waals surface area contributed by atoms with Crippen LogP contribution < -0.4 is 3.58 Å². The third kappa shape index (κ3) is 16.0. The summed E-state index contributed by atoms with van der Waals surface area (Å²) in [6, 6.07) is 9.01. The van der Waals surface area contributed by atoms with E-state index in [-0.39, 0.29) is 36.6 Å². The maximum atomic E-state index is 6.44. The van der Waals surface area contributed by atoms with Crippen LogP contribution in [-0.2, 0) is 39.4 Å². The number of aryl methyl sites for hydroxylation is 2. The van der Waals surface area contributed by atoms with Gasteiger partial charge in [-0.1, -0.05) is 0 Å². The monoisotopic (exact) mass is 734 g/mol. The van der Waals surface area contributed by atoms with E-state index in [1.807, 2.05) is 0 Å². The first kappa shape index (κ1) is 40.2. The Labute approximate surface area is 266 Å². The van der Waals surface area contributed by atoms with Gasteiger partial charge in [0.15, 0.2) is 0 Å². The third-order valence-electron chi connectivity index (χ3n) is 6.31. The standard InChI is InChI=1S/C30H57O6Si2.3CH3.Sn/c1-23(2)31-37(32-24(3)4,33-25(5)6)20-14-18-29-16-13-17-30(22-29)19-15-21-38(34-26(7)8,35-27(9)10)36-28(11)12;;;;/h16-17,22-28H,14-15,18-21H2,1-12H3;3*1H3;. The molecule has 6 nitrogen and oxygen atoms in total. The molecule has 0 spiro atoms. The molecule has 0 heterocycles. The van der Waals surface area contributed by atoms with Crippen molar-refractivity contribution in [2.45, 2.75) is 172 Å².